The molecule has 0 bridgehead atoms. The molecule has 1 aromatic rings. The van der Waals surface area contributed by atoms with Crippen LogP contribution in [0.25, 0.3) is 0 Å². The van der Waals surface area contributed by atoms with E-state index in [-0.39, 0.29) is 17.5 Å². The maximum atomic E-state index is 12.6. The summed E-state index contributed by atoms with van der Waals surface area (Å²) in [4.78, 5) is 12.6. The Labute approximate surface area is 204 Å². The highest BCUT2D eigenvalue weighted by atomic mass is 16.7. The maximum Gasteiger partial charge on any atom is 0.338 e. The standard InChI is InChI=1S/C30H40O4/c1-28-15-13-22(34-27(31)20-7-5-4-6-8-20)19-21(28)9-10-23-24-11-12-26(30(3)32-17-18-33-30)29(24,2)16-14-25(23)28/h4-9,22-26H,10-19H2,1-3H3/t22-,23?,24?,25?,26?,28-,29-/m0/s1. The van der Waals surface area contributed by atoms with Crippen molar-refractivity contribution in [3.63, 3.8) is 0 Å². The lowest BCUT2D eigenvalue weighted by Gasteiger charge is -2.58. The van der Waals surface area contributed by atoms with Crippen LogP contribution in [0.15, 0.2) is 42.0 Å². The molecule has 3 saturated carbocycles. The lowest BCUT2D eigenvalue weighted by molar-refractivity contribution is -0.214. The number of allylic oxidation sites excluding steroid dienone is 1. The van der Waals surface area contributed by atoms with Crippen LogP contribution in [0.2, 0.25) is 0 Å². The second-order valence-corrected chi connectivity index (χ2v) is 12.3. The van der Waals surface area contributed by atoms with Crippen molar-refractivity contribution in [1.29, 1.82) is 0 Å². The molecule has 5 aliphatic rings. The molecule has 0 amide bonds. The van der Waals surface area contributed by atoms with Crippen molar-refractivity contribution in [2.75, 3.05) is 13.2 Å². The second-order valence-electron chi connectivity index (χ2n) is 12.3. The monoisotopic (exact) mass is 464 g/mol. The molecule has 4 heteroatoms. The summed E-state index contributed by atoms with van der Waals surface area (Å²) in [6.45, 7) is 8.73. The number of rotatable bonds is 3. The second kappa shape index (κ2) is 8.20. The minimum absolute atomic E-state index is 0.00455. The zero-order chi connectivity index (χ0) is 23.6. The van der Waals surface area contributed by atoms with Crippen molar-refractivity contribution in [1.82, 2.24) is 0 Å². The number of carbonyl (C=O) groups excluding carboxylic acids is 1. The summed E-state index contributed by atoms with van der Waals surface area (Å²) in [5.74, 6) is 2.18. The van der Waals surface area contributed by atoms with Gasteiger partial charge in [-0.05, 0) is 92.6 Å². The summed E-state index contributed by atoms with van der Waals surface area (Å²) in [6, 6.07) is 9.41. The molecule has 0 aromatic heterocycles. The van der Waals surface area contributed by atoms with E-state index in [2.05, 4.69) is 26.8 Å². The zero-order valence-corrected chi connectivity index (χ0v) is 21.1. The Kier molecular flexibility index (Phi) is 5.50. The van der Waals surface area contributed by atoms with Gasteiger partial charge in [-0.3, -0.25) is 0 Å². The van der Waals surface area contributed by atoms with Gasteiger partial charge in [0.1, 0.15) is 6.10 Å². The Balaban J connectivity index is 1.19. The summed E-state index contributed by atoms with van der Waals surface area (Å²) in [6.07, 6.45) is 11.9. The SMILES string of the molecule is CC1(C2CCC3C4CC=C5C[C@@H](OC(=O)c6ccccc6)CC[C@]5(C)C4CC[C@@]32C)OCCO1. The lowest BCUT2D eigenvalue weighted by atomic mass is 9.47. The van der Waals surface area contributed by atoms with Gasteiger partial charge in [0.2, 0.25) is 0 Å². The average molecular weight is 465 g/mol. The fraction of sp³-hybridized carbons (Fsp3) is 0.700. The van der Waals surface area contributed by atoms with Gasteiger partial charge in [-0.25, -0.2) is 4.79 Å². The quantitative estimate of drug-likeness (QED) is 0.376. The highest BCUT2D eigenvalue weighted by Crippen LogP contribution is 2.68. The van der Waals surface area contributed by atoms with Gasteiger partial charge in [0.15, 0.2) is 5.79 Å². The normalized spacial score (nSPS) is 42.8. The van der Waals surface area contributed by atoms with E-state index < -0.39 is 5.79 Å². The molecule has 6 rings (SSSR count). The van der Waals surface area contributed by atoms with Crippen LogP contribution < -0.4 is 0 Å². The molecule has 7 atom stereocenters. The van der Waals surface area contributed by atoms with E-state index in [1.54, 1.807) is 5.57 Å². The van der Waals surface area contributed by atoms with Crippen LogP contribution in [0, 0.1) is 34.5 Å². The van der Waals surface area contributed by atoms with Crippen molar-refractivity contribution in [2.24, 2.45) is 34.5 Å². The van der Waals surface area contributed by atoms with Gasteiger partial charge in [0.25, 0.3) is 0 Å². The van der Waals surface area contributed by atoms with Gasteiger partial charge in [-0.15, -0.1) is 0 Å². The van der Waals surface area contributed by atoms with E-state index in [0.717, 1.165) is 50.2 Å². The largest absolute Gasteiger partial charge is 0.458 e. The Hall–Kier alpha value is -1.65. The summed E-state index contributed by atoms with van der Waals surface area (Å²) < 4.78 is 18.3. The Bertz CT molecular complexity index is 963. The zero-order valence-electron chi connectivity index (χ0n) is 21.1. The molecule has 1 aliphatic heterocycles. The molecule has 34 heavy (non-hydrogen) atoms. The van der Waals surface area contributed by atoms with Crippen molar-refractivity contribution in [2.45, 2.75) is 84.0 Å². The lowest BCUT2D eigenvalue weighted by Crippen LogP contribution is -2.53. The molecule has 0 radical (unpaired) electrons. The molecule has 1 saturated heterocycles. The number of fused-ring (bicyclic) bond motifs is 5. The summed E-state index contributed by atoms with van der Waals surface area (Å²) in [5.41, 5.74) is 2.77. The predicted molar refractivity (Wildman–Crippen MR) is 131 cm³/mol. The smallest absolute Gasteiger partial charge is 0.338 e. The van der Waals surface area contributed by atoms with Gasteiger partial charge in [0, 0.05) is 12.3 Å². The van der Waals surface area contributed by atoms with Crippen LogP contribution >= 0.6 is 0 Å². The topological polar surface area (TPSA) is 44.8 Å². The van der Waals surface area contributed by atoms with E-state index in [4.69, 9.17) is 14.2 Å². The molecule has 4 aliphatic carbocycles. The first kappa shape index (κ1) is 22.8. The highest BCUT2D eigenvalue weighted by molar-refractivity contribution is 5.89. The molecule has 1 aromatic carbocycles. The van der Waals surface area contributed by atoms with E-state index in [1.807, 2.05) is 30.3 Å². The van der Waals surface area contributed by atoms with Crippen molar-refractivity contribution < 1.29 is 19.0 Å². The van der Waals surface area contributed by atoms with Gasteiger partial charge in [0.05, 0.1) is 18.8 Å². The highest BCUT2D eigenvalue weighted by Gasteiger charge is 2.62. The fourth-order valence-corrected chi connectivity index (χ4v) is 9.11. The van der Waals surface area contributed by atoms with Crippen molar-refractivity contribution in [3.8, 4) is 0 Å². The van der Waals surface area contributed by atoms with Crippen LogP contribution in [-0.2, 0) is 14.2 Å². The molecule has 0 N–H and O–H groups in total. The first-order valence-electron chi connectivity index (χ1n) is 13.6. The fourth-order valence-electron chi connectivity index (χ4n) is 9.11. The third-order valence-corrected chi connectivity index (χ3v) is 10.8. The summed E-state index contributed by atoms with van der Waals surface area (Å²) in [7, 11) is 0. The molecule has 0 spiro atoms. The molecule has 184 valence electrons. The Morgan fingerprint density at radius 1 is 0.941 bits per heavy atom. The minimum Gasteiger partial charge on any atom is -0.458 e. The van der Waals surface area contributed by atoms with Crippen molar-refractivity contribution >= 4 is 5.97 Å². The van der Waals surface area contributed by atoms with Gasteiger partial charge >= 0.3 is 5.97 Å². The minimum atomic E-state index is -0.392. The number of ether oxygens (including phenoxy) is 3. The molecular formula is C30H40O4. The van der Waals surface area contributed by atoms with E-state index in [0.29, 0.717) is 16.9 Å². The van der Waals surface area contributed by atoms with E-state index in [9.17, 15) is 4.79 Å². The number of hydrogen-bond donors (Lipinski definition) is 0. The van der Waals surface area contributed by atoms with Gasteiger partial charge in [-0.2, -0.15) is 0 Å². The molecular weight excluding hydrogens is 424 g/mol. The van der Waals surface area contributed by atoms with Crippen LogP contribution in [0.5, 0.6) is 0 Å². The molecule has 1 heterocycles. The maximum absolute atomic E-state index is 12.6. The first-order valence-corrected chi connectivity index (χ1v) is 13.6. The summed E-state index contributed by atoms with van der Waals surface area (Å²) in [5, 5.41) is 0. The molecule has 4 unspecified atom stereocenters. The summed E-state index contributed by atoms with van der Waals surface area (Å²) >= 11 is 0. The van der Waals surface area contributed by atoms with Crippen LogP contribution in [0.1, 0.15) is 82.5 Å². The van der Waals surface area contributed by atoms with E-state index >= 15 is 0 Å². The van der Waals surface area contributed by atoms with Crippen LogP contribution in [0.4, 0.5) is 0 Å². The van der Waals surface area contributed by atoms with E-state index in [1.165, 1.54) is 32.1 Å². The van der Waals surface area contributed by atoms with Gasteiger partial charge < -0.3 is 14.2 Å². The van der Waals surface area contributed by atoms with Crippen molar-refractivity contribution in [3.05, 3.63) is 47.5 Å². The van der Waals surface area contributed by atoms with Crippen LogP contribution in [0.3, 0.4) is 0 Å². The third-order valence-electron chi connectivity index (χ3n) is 10.8. The van der Waals surface area contributed by atoms with Gasteiger partial charge in [-0.1, -0.05) is 43.7 Å². The number of benzene rings is 1. The number of hydrogen-bond acceptors (Lipinski definition) is 4. The predicted octanol–water partition coefficient (Wildman–Crippen LogP) is 6.55. The first-order chi connectivity index (χ1) is 16.3. The third kappa shape index (κ3) is 3.43. The number of carbonyl (C=O) groups is 1. The number of esters is 1. The van der Waals surface area contributed by atoms with Crippen LogP contribution in [-0.4, -0.2) is 31.1 Å². The molecule has 4 fully saturated rings. The Morgan fingerprint density at radius 3 is 2.47 bits per heavy atom. The Morgan fingerprint density at radius 2 is 1.71 bits per heavy atom. The molecule has 4 nitrogen and oxygen atoms in total. The average Bonchev–Trinajstić information content (AvgIpc) is 3.43.